The van der Waals surface area contributed by atoms with E-state index in [1.165, 1.54) is 11.1 Å². The van der Waals surface area contributed by atoms with Gasteiger partial charge in [-0.2, -0.15) is 0 Å². The van der Waals surface area contributed by atoms with E-state index < -0.39 is 0 Å². The van der Waals surface area contributed by atoms with E-state index in [-0.39, 0.29) is 11.8 Å². The van der Waals surface area contributed by atoms with Crippen LogP contribution in [0, 0.1) is 6.92 Å². The van der Waals surface area contributed by atoms with Gasteiger partial charge in [0, 0.05) is 7.05 Å². The Balaban J connectivity index is 1.68. The molecule has 1 heterocycles. The van der Waals surface area contributed by atoms with E-state index in [1.54, 1.807) is 0 Å². The monoisotopic (exact) mass is 270 g/mol. The molecule has 1 aliphatic rings. The topological polar surface area (TPSA) is 59.8 Å². The van der Waals surface area contributed by atoms with E-state index in [9.17, 15) is 4.79 Å². The lowest BCUT2D eigenvalue weighted by atomic mass is 10.0. The Labute approximate surface area is 118 Å². The Hall–Kier alpha value is -2.17. The van der Waals surface area contributed by atoms with Gasteiger partial charge in [-0.05, 0) is 30.9 Å². The normalized spacial score (nSPS) is 17.0. The van der Waals surface area contributed by atoms with Crippen molar-refractivity contribution in [3.63, 3.8) is 0 Å². The standard InChI is InChI=1S/C15H18N4O/c1-10-17-18-14(19(10)2)9-16-15(20)13-8-7-11-5-3-4-6-12(11)13/h3-6,13H,7-9H2,1-2H3,(H,16,20). The second kappa shape index (κ2) is 5.07. The first-order valence-electron chi connectivity index (χ1n) is 6.87. The summed E-state index contributed by atoms with van der Waals surface area (Å²) in [7, 11) is 1.90. The van der Waals surface area contributed by atoms with Gasteiger partial charge in [0.25, 0.3) is 0 Å². The van der Waals surface area contributed by atoms with Crippen molar-refractivity contribution < 1.29 is 4.79 Å². The zero-order valence-electron chi connectivity index (χ0n) is 11.8. The molecule has 1 N–H and O–H groups in total. The molecule has 20 heavy (non-hydrogen) atoms. The molecule has 5 heteroatoms. The summed E-state index contributed by atoms with van der Waals surface area (Å²) in [6.07, 6.45) is 1.88. The van der Waals surface area contributed by atoms with Crippen LogP contribution in [0.2, 0.25) is 0 Å². The summed E-state index contributed by atoms with van der Waals surface area (Å²) in [6, 6.07) is 8.19. The minimum atomic E-state index is -0.0273. The van der Waals surface area contributed by atoms with Gasteiger partial charge in [0.1, 0.15) is 5.82 Å². The number of carbonyl (C=O) groups excluding carboxylic acids is 1. The molecule has 0 bridgehead atoms. The molecule has 0 spiro atoms. The summed E-state index contributed by atoms with van der Waals surface area (Å²) in [5.74, 6) is 1.68. The van der Waals surface area contributed by atoms with E-state index >= 15 is 0 Å². The summed E-state index contributed by atoms with van der Waals surface area (Å²) in [5, 5.41) is 11.0. The molecule has 1 aromatic carbocycles. The number of benzene rings is 1. The lowest BCUT2D eigenvalue weighted by Gasteiger charge is -2.12. The number of rotatable bonds is 3. The zero-order chi connectivity index (χ0) is 14.1. The van der Waals surface area contributed by atoms with Crippen LogP contribution in [0.4, 0.5) is 0 Å². The zero-order valence-corrected chi connectivity index (χ0v) is 11.8. The molecular weight excluding hydrogens is 252 g/mol. The van der Waals surface area contributed by atoms with Gasteiger partial charge in [-0.3, -0.25) is 4.79 Å². The highest BCUT2D eigenvalue weighted by Gasteiger charge is 2.28. The summed E-state index contributed by atoms with van der Waals surface area (Å²) in [5.41, 5.74) is 2.46. The molecule has 1 aromatic heterocycles. The van der Waals surface area contributed by atoms with Crippen LogP contribution in [0.3, 0.4) is 0 Å². The van der Waals surface area contributed by atoms with Crippen molar-refractivity contribution in [2.45, 2.75) is 32.2 Å². The maximum Gasteiger partial charge on any atom is 0.227 e. The van der Waals surface area contributed by atoms with Crippen LogP contribution >= 0.6 is 0 Å². The van der Waals surface area contributed by atoms with Crippen molar-refractivity contribution in [1.82, 2.24) is 20.1 Å². The van der Waals surface area contributed by atoms with Crippen molar-refractivity contribution in [2.24, 2.45) is 7.05 Å². The van der Waals surface area contributed by atoms with Gasteiger partial charge in [-0.15, -0.1) is 10.2 Å². The highest BCUT2D eigenvalue weighted by molar-refractivity contribution is 5.84. The number of aryl methyl sites for hydroxylation is 2. The van der Waals surface area contributed by atoms with Crippen molar-refractivity contribution in [2.75, 3.05) is 0 Å². The van der Waals surface area contributed by atoms with E-state index in [4.69, 9.17) is 0 Å². The number of amides is 1. The van der Waals surface area contributed by atoms with E-state index in [0.29, 0.717) is 6.54 Å². The van der Waals surface area contributed by atoms with Crippen LogP contribution in [0.5, 0.6) is 0 Å². The molecule has 3 rings (SSSR count). The Morgan fingerprint density at radius 1 is 1.40 bits per heavy atom. The third kappa shape index (κ3) is 2.19. The number of carbonyl (C=O) groups is 1. The molecule has 5 nitrogen and oxygen atoms in total. The molecule has 1 amide bonds. The quantitative estimate of drug-likeness (QED) is 0.918. The Morgan fingerprint density at radius 3 is 2.95 bits per heavy atom. The summed E-state index contributed by atoms with van der Waals surface area (Å²) in [6.45, 7) is 2.32. The number of hydrogen-bond acceptors (Lipinski definition) is 3. The molecule has 2 aromatic rings. The minimum absolute atomic E-state index is 0.0273. The third-order valence-electron chi connectivity index (χ3n) is 4.05. The van der Waals surface area contributed by atoms with E-state index in [2.05, 4.69) is 27.6 Å². The molecule has 0 saturated carbocycles. The van der Waals surface area contributed by atoms with Crippen molar-refractivity contribution in [3.8, 4) is 0 Å². The number of hydrogen-bond donors (Lipinski definition) is 1. The maximum absolute atomic E-state index is 12.3. The maximum atomic E-state index is 12.3. The van der Waals surface area contributed by atoms with Crippen LogP contribution in [-0.4, -0.2) is 20.7 Å². The molecule has 1 unspecified atom stereocenters. The summed E-state index contributed by atoms with van der Waals surface area (Å²) >= 11 is 0. The first kappa shape index (κ1) is 12.8. The van der Waals surface area contributed by atoms with Gasteiger partial charge in [0.15, 0.2) is 5.82 Å². The van der Waals surface area contributed by atoms with Crippen LogP contribution in [0.1, 0.15) is 35.1 Å². The molecule has 1 aliphatic carbocycles. The SMILES string of the molecule is Cc1nnc(CNC(=O)C2CCc3ccccc32)n1C. The van der Waals surface area contributed by atoms with Crippen LogP contribution in [-0.2, 0) is 24.8 Å². The van der Waals surface area contributed by atoms with Crippen LogP contribution < -0.4 is 5.32 Å². The Morgan fingerprint density at radius 2 is 2.20 bits per heavy atom. The van der Waals surface area contributed by atoms with Gasteiger partial charge >= 0.3 is 0 Å². The van der Waals surface area contributed by atoms with Crippen molar-refractivity contribution in [3.05, 3.63) is 47.0 Å². The average Bonchev–Trinajstić information content (AvgIpc) is 3.02. The second-order valence-corrected chi connectivity index (χ2v) is 5.23. The van der Waals surface area contributed by atoms with E-state index in [0.717, 1.165) is 24.5 Å². The fourth-order valence-corrected chi connectivity index (χ4v) is 2.72. The molecule has 0 saturated heterocycles. The fourth-order valence-electron chi connectivity index (χ4n) is 2.72. The highest BCUT2D eigenvalue weighted by Crippen LogP contribution is 2.32. The molecular formula is C15H18N4O. The molecule has 0 aliphatic heterocycles. The van der Waals surface area contributed by atoms with Crippen LogP contribution in [0.25, 0.3) is 0 Å². The third-order valence-corrected chi connectivity index (χ3v) is 4.05. The molecule has 0 radical (unpaired) electrons. The number of fused-ring (bicyclic) bond motifs is 1. The molecule has 104 valence electrons. The largest absolute Gasteiger partial charge is 0.348 e. The highest BCUT2D eigenvalue weighted by atomic mass is 16.1. The predicted octanol–water partition coefficient (Wildman–Crippen LogP) is 1.47. The number of aromatic nitrogens is 3. The van der Waals surface area contributed by atoms with Crippen molar-refractivity contribution >= 4 is 5.91 Å². The van der Waals surface area contributed by atoms with Gasteiger partial charge < -0.3 is 9.88 Å². The number of nitrogens with one attached hydrogen (secondary N) is 1. The number of nitrogens with zero attached hydrogens (tertiary/aromatic N) is 3. The van der Waals surface area contributed by atoms with Gasteiger partial charge in [0.2, 0.25) is 5.91 Å². The predicted molar refractivity (Wildman–Crippen MR) is 75.1 cm³/mol. The summed E-state index contributed by atoms with van der Waals surface area (Å²) < 4.78 is 1.89. The van der Waals surface area contributed by atoms with Crippen molar-refractivity contribution in [1.29, 1.82) is 0 Å². The van der Waals surface area contributed by atoms with Gasteiger partial charge in [-0.1, -0.05) is 24.3 Å². The van der Waals surface area contributed by atoms with Crippen LogP contribution in [0.15, 0.2) is 24.3 Å². The molecule has 1 atom stereocenters. The first-order chi connectivity index (χ1) is 9.66. The minimum Gasteiger partial charge on any atom is -0.348 e. The second-order valence-electron chi connectivity index (χ2n) is 5.23. The lowest BCUT2D eigenvalue weighted by Crippen LogP contribution is -2.29. The molecule has 0 fully saturated rings. The first-order valence-corrected chi connectivity index (χ1v) is 6.87. The summed E-state index contributed by atoms with van der Waals surface area (Å²) in [4.78, 5) is 12.3. The lowest BCUT2D eigenvalue weighted by molar-refractivity contribution is -0.122. The fraction of sp³-hybridized carbons (Fsp3) is 0.400. The van der Waals surface area contributed by atoms with E-state index in [1.807, 2.05) is 30.7 Å². The smallest absolute Gasteiger partial charge is 0.227 e. The van der Waals surface area contributed by atoms with Gasteiger partial charge in [-0.25, -0.2) is 0 Å². The Bertz CT molecular complexity index is 647. The van der Waals surface area contributed by atoms with Gasteiger partial charge in [0.05, 0.1) is 12.5 Å². The Kier molecular flexibility index (Phi) is 3.26. The average molecular weight is 270 g/mol.